The van der Waals surface area contributed by atoms with Gasteiger partial charge in [0.15, 0.2) is 0 Å². The van der Waals surface area contributed by atoms with Gasteiger partial charge in [0.05, 0.1) is 11.7 Å². The number of carbonyl (C=O) groups is 1. The molecule has 0 saturated heterocycles. The molecule has 5 heteroatoms. The largest absolute Gasteiger partial charge is 0.349 e. The first-order chi connectivity index (χ1) is 12.1. The lowest BCUT2D eigenvalue weighted by Crippen LogP contribution is -2.38. The number of hydrogen-bond donors (Lipinski definition) is 1. The van der Waals surface area contributed by atoms with Gasteiger partial charge in [0.25, 0.3) is 5.56 Å². The summed E-state index contributed by atoms with van der Waals surface area (Å²) < 4.78 is 1.37. The van der Waals surface area contributed by atoms with Crippen molar-refractivity contribution in [3.63, 3.8) is 0 Å². The molecule has 1 aromatic carbocycles. The minimum absolute atomic E-state index is 0.0736. The van der Waals surface area contributed by atoms with Gasteiger partial charge in [-0.2, -0.15) is 5.10 Å². The molecule has 0 saturated carbocycles. The van der Waals surface area contributed by atoms with Gasteiger partial charge in [-0.3, -0.25) is 9.59 Å². The molecule has 130 valence electrons. The molecule has 0 aliphatic heterocycles. The van der Waals surface area contributed by atoms with Crippen LogP contribution in [0.15, 0.2) is 35.1 Å². The fraction of sp³-hybridized carbons (Fsp3) is 0.450. The van der Waals surface area contributed by atoms with Crippen LogP contribution in [0.5, 0.6) is 0 Å². The standard InChI is InChI=1S/C20H23N3O2/c1-23-19(24)12-15-11-14(9-10-17(15)22-23)20(25)21-18-8-4-6-13-5-2-3-7-16(13)18/h2-3,5,7,12,14,18H,4,6,8-11H2,1H3,(H,21,25)/t14-,18-/m0/s1. The van der Waals surface area contributed by atoms with Crippen LogP contribution in [-0.4, -0.2) is 15.7 Å². The highest BCUT2D eigenvalue weighted by molar-refractivity contribution is 5.80. The summed E-state index contributed by atoms with van der Waals surface area (Å²) in [5.74, 6) is 0.0310. The molecule has 2 aliphatic rings. The average molecular weight is 337 g/mol. The van der Waals surface area contributed by atoms with Gasteiger partial charge in [0, 0.05) is 19.0 Å². The molecule has 1 heterocycles. The maximum absolute atomic E-state index is 12.8. The Morgan fingerprint density at radius 3 is 2.92 bits per heavy atom. The highest BCUT2D eigenvalue weighted by Crippen LogP contribution is 2.30. The molecular formula is C20H23N3O2. The molecule has 2 aliphatic carbocycles. The summed E-state index contributed by atoms with van der Waals surface area (Å²) in [6, 6.07) is 10.1. The van der Waals surface area contributed by atoms with Crippen molar-refractivity contribution in [3.8, 4) is 0 Å². The first kappa shape index (κ1) is 16.1. The van der Waals surface area contributed by atoms with E-state index in [2.05, 4.69) is 28.6 Å². The van der Waals surface area contributed by atoms with Crippen molar-refractivity contribution in [2.75, 3.05) is 0 Å². The van der Waals surface area contributed by atoms with Crippen LogP contribution in [0.1, 0.15) is 47.7 Å². The Morgan fingerprint density at radius 2 is 2.04 bits per heavy atom. The lowest BCUT2D eigenvalue weighted by molar-refractivity contribution is -0.126. The molecule has 0 bridgehead atoms. The Kier molecular flexibility index (Phi) is 4.15. The van der Waals surface area contributed by atoms with Crippen molar-refractivity contribution in [2.24, 2.45) is 13.0 Å². The third-order valence-electron chi connectivity index (χ3n) is 5.51. The van der Waals surface area contributed by atoms with Gasteiger partial charge in [0.1, 0.15) is 0 Å². The van der Waals surface area contributed by atoms with E-state index in [1.165, 1.54) is 15.8 Å². The first-order valence-corrected chi connectivity index (χ1v) is 9.06. The molecule has 0 fully saturated rings. The van der Waals surface area contributed by atoms with Crippen molar-refractivity contribution in [1.29, 1.82) is 0 Å². The summed E-state index contributed by atoms with van der Waals surface area (Å²) in [7, 11) is 1.67. The molecule has 0 spiro atoms. The fourth-order valence-corrected chi connectivity index (χ4v) is 4.10. The minimum atomic E-state index is -0.110. The highest BCUT2D eigenvalue weighted by atomic mass is 16.2. The smallest absolute Gasteiger partial charge is 0.266 e. The van der Waals surface area contributed by atoms with Crippen LogP contribution >= 0.6 is 0 Å². The predicted octanol–water partition coefficient (Wildman–Crippen LogP) is 2.08. The van der Waals surface area contributed by atoms with E-state index in [4.69, 9.17) is 0 Å². The number of nitrogens with one attached hydrogen (secondary N) is 1. The second-order valence-electron chi connectivity index (χ2n) is 7.17. The molecule has 0 radical (unpaired) electrons. The quantitative estimate of drug-likeness (QED) is 0.912. The van der Waals surface area contributed by atoms with Gasteiger partial charge in [-0.15, -0.1) is 0 Å². The number of aryl methyl sites for hydroxylation is 3. The molecule has 2 atom stereocenters. The number of nitrogens with zero attached hydrogens (tertiary/aromatic N) is 2. The number of fused-ring (bicyclic) bond motifs is 2. The number of carbonyl (C=O) groups excluding carboxylic acids is 1. The third kappa shape index (κ3) is 3.11. The molecular weight excluding hydrogens is 314 g/mol. The van der Waals surface area contributed by atoms with Gasteiger partial charge in [0.2, 0.25) is 5.91 Å². The topological polar surface area (TPSA) is 64.0 Å². The number of aromatic nitrogens is 2. The lowest BCUT2D eigenvalue weighted by Gasteiger charge is -2.29. The molecule has 4 rings (SSSR count). The second-order valence-corrected chi connectivity index (χ2v) is 7.17. The molecule has 5 nitrogen and oxygen atoms in total. The average Bonchev–Trinajstić information content (AvgIpc) is 2.62. The molecule has 0 unspecified atom stereocenters. The number of hydrogen-bond acceptors (Lipinski definition) is 3. The zero-order valence-corrected chi connectivity index (χ0v) is 14.5. The SMILES string of the molecule is Cn1nc2c(cc1=O)C[C@@H](C(=O)N[C@H]1CCCc3ccccc31)CC2. The zero-order chi connectivity index (χ0) is 17.4. The van der Waals surface area contributed by atoms with Crippen LogP contribution in [0, 0.1) is 5.92 Å². The maximum atomic E-state index is 12.8. The third-order valence-corrected chi connectivity index (χ3v) is 5.51. The van der Waals surface area contributed by atoms with E-state index in [9.17, 15) is 9.59 Å². The molecule has 1 N–H and O–H groups in total. The second kappa shape index (κ2) is 6.47. The summed E-state index contributed by atoms with van der Waals surface area (Å²) >= 11 is 0. The number of rotatable bonds is 2. The van der Waals surface area contributed by atoms with E-state index in [1.807, 2.05) is 6.07 Å². The lowest BCUT2D eigenvalue weighted by atomic mass is 9.84. The maximum Gasteiger partial charge on any atom is 0.266 e. The van der Waals surface area contributed by atoms with Crippen LogP contribution in [0.25, 0.3) is 0 Å². The highest BCUT2D eigenvalue weighted by Gasteiger charge is 2.29. The summed E-state index contributed by atoms with van der Waals surface area (Å²) in [5, 5.41) is 7.58. The Morgan fingerprint density at radius 1 is 1.20 bits per heavy atom. The van der Waals surface area contributed by atoms with Crippen LogP contribution < -0.4 is 10.9 Å². The minimum Gasteiger partial charge on any atom is -0.349 e. The van der Waals surface area contributed by atoms with E-state index in [1.54, 1.807) is 13.1 Å². The molecule has 2 aromatic rings. The Bertz CT molecular complexity index is 871. The van der Waals surface area contributed by atoms with Crippen LogP contribution in [0.4, 0.5) is 0 Å². The van der Waals surface area contributed by atoms with Crippen molar-refractivity contribution in [3.05, 3.63) is 63.1 Å². The van der Waals surface area contributed by atoms with Crippen LogP contribution in [0.2, 0.25) is 0 Å². The van der Waals surface area contributed by atoms with Gasteiger partial charge in [-0.05, 0) is 55.2 Å². The van der Waals surface area contributed by atoms with Crippen LogP contribution in [-0.2, 0) is 31.1 Å². The van der Waals surface area contributed by atoms with Gasteiger partial charge >= 0.3 is 0 Å². The van der Waals surface area contributed by atoms with E-state index in [0.29, 0.717) is 6.42 Å². The summed E-state index contributed by atoms with van der Waals surface area (Å²) in [4.78, 5) is 24.6. The first-order valence-electron chi connectivity index (χ1n) is 9.06. The van der Waals surface area contributed by atoms with E-state index in [-0.39, 0.29) is 23.4 Å². The van der Waals surface area contributed by atoms with E-state index >= 15 is 0 Å². The summed E-state index contributed by atoms with van der Waals surface area (Å²) in [5.41, 5.74) is 4.38. The number of amides is 1. The van der Waals surface area contributed by atoms with Crippen LogP contribution in [0.3, 0.4) is 0 Å². The van der Waals surface area contributed by atoms with Crippen molar-refractivity contribution in [1.82, 2.24) is 15.1 Å². The van der Waals surface area contributed by atoms with Crippen molar-refractivity contribution >= 4 is 5.91 Å². The van der Waals surface area contributed by atoms with Crippen molar-refractivity contribution in [2.45, 2.75) is 44.6 Å². The van der Waals surface area contributed by atoms with Crippen molar-refractivity contribution < 1.29 is 4.79 Å². The molecule has 1 aromatic heterocycles. The predicted molar refractivity (Wildman–Crippen MR) is 95.3 cm³/mol. The summed E-state index contributed by atoms with van der Waals surface area (Å²) in [6.07, 6.45) is 5.34. The van der Waals surface area contributed by atoms with Gasteiger partial charge < -0.3 is 5.32 Å². The van der Waals surface area contributed by atoms with Gasteiger partial charge in [-0.25, -0.2) is 4.68 Å². The molecule has 25 heavy (non-hydrogen) atoms. The van der Waals surface area contributed by atoms with Gasteiger partial charge in [-0.1, -0.05) is 24.3 Å². The van der Waals surface area contributed by atoms with E-state index < -0.39 is 0 Å². The fourth-order valence-electron chi connectivity index (χ4n) is 4.10. The molecule has 1 amide bonds. The number of benzene rings is 1. The summed E-state index contributed by atoms with van der Waals surface area (Å²) in [6.45, 7) is 0. The Hall–Kier alpha value is -2.43. The Labute approximate surface area is 147 Å². The monoisotopic (exact) mass is 337 g/mol. The zero-order valence-electron chi connectivity index (χ0n) is 14.5. The normalized spacial score (nSPS) is 22.0. The Balaban J connectivity index is 1.49. The van der Waals surface area contributed by atoms with E-state index in [0.717, 1.165) is 43.4 Å².